The number of hydrogen-bond acceptors (Lipinski definition) is 6. The highest BCUT2D eigenvalue weighted by Gasteiger charge is 2.17. The number of nitrogens with one attached hydrogen (secondary N) is 1. The number of para-hydroxylation sites is 1. The molecule has 0 amide bonds. The molecule has 3 N–H and O–H groups in total. The second-order valence-electron chi connectivity index (χ2n) is 5.24. The molecule has 118 valence electrons. The molecule has 0 spiro atoms. The number of nitrogen functional groups attached to an aromatic ring is 1. The summed E-state index contributed by atoms with van der Waals surface area (Å²) in [5.74, 6) is 5.47. The van der Waals surface area contributed by atoms with Crippen molar-refractivity contribution < 1.29 is 4.92 Å². The average Bonchev–Trinajstić information content (AvgIpc) is 2.45. The van der Waals surface area contributed by atoms with Crippen LogP contribution in [0, 0.1) is 10.1 Å². The SMILES string of the molecule is CCN(CCCN(C)C)Cc1cccc([N+](=O)[O-])c1NN. The van der Waals surface area contributed by atoms with Crippen LogP contribution in [0.1, 0.15) is 18.9 Å². The maximum absolute atomic E-state index is 11.0. The van der Waals surface area contributed by atoms with E-state index in [1.807, 2.05) is 20.2 Å². The van der Waals surface area contributed by atoms with Gasteiger partial charge in [-0.2, -0.15) is 0 Å². The van der Waals surface area contributed by atoms with Gasteiger partial charge in [0.15, 0.2) is 0 Å². The number of nitro benzene ring substituents is 1. The van der Waals surface area contributed by atoms with Crippen molar-refractivity contribution >= 4 is 11.4 Å². The van der Waals surface area contributed by atoms with Gasteiger partial charge in [-0.15, -0.1) is 0 Å². The van der Waals surface area contributed by atoms with Gasteiger partial charge in [-0.3, -0.25) is 20.9 Å². The zero-order valence-electron chi connectivity index (χ0n) is 13.0. The zero-order chi connectivity index (χ0) is 15.8. The highest BCUT2D eigenvalue weighted by Crippen LogP contribution is 2.28. The molecule has 0 bridgehead atoms. The summed E-state index contributed by atoms with van der Waals surface area (Å²) in [5.41, 5.74) is 3.73. The molecular weight excluding hydrogens is 270 g/mol. The molecule has 7 nitrogen and oxygen atoms in total. The fraction of sp³-hybridized carbons (Fsp3) is 0.571. The summed E-state index contributed by atoms with van der Waals surface area (Å²) in [7, 11) is 4.10. The maximum atomic E-state index is 11.0. The third-order valence-corrected chi connectivity index (χ3v) is 3.39. The number of nitrogens with two attached hydrogens (primary N) is 1. The lowest BCUT2D eigenvalue weighted by atomic mass is 10.1. The Balaban J connectivity index is 2.80. The molecule has 0 aromatic heterocycles. The van der Waals surface area contributed by atoms with Gasteiger partial charge in [0, 0.05) is 12.6 Å². The van der Waals surface area contributed by atoms with Gasteiger partial charge in [-0.05, 0) is 45.7 Å². The minimum absolute atomic E-state index is 0.0133. The molecule has 1 rings (SSSR count). The van der Waals surface area contributed by atoms with E-state index in [9.17, 15) is 10.1 Å². The van der Waals surface area contributed by atoms with Crippen molar-refractivity contribution in [1.29, 1.82) is 0 Å². The van der Waals surface area contributed by atoms with Crippen molar-refractivity contribution in [2.75, 3.05) is 39.2 Å². The normalized spacial score (nSPS) is 11.1. The number of benzene rings is 1. The van der Waals surface area contributed by atoms with E-state index >= 15 is 0 Å². The first-order valence-corrected chi connectivity index (χ1v) is 7.09. The molecule has 1 aromatic carbocycles. The standard InChI is InChI=1S/C14H25N5O2/c1-4-18(10-6-9-17(2)3)11-12-7-5-8-13(19(20)21)14(12)16-15/h5,7-8,16H,4,6,9-11,15H2,1-3H3. The van der Waals surface area contributed by atoms with Gasteiger partial charge in [0.2, 0.25) is 0 Å². The van der Waals surface area contributed by atoms with Crippen LogP contribution >= 0.6 is 0 Å². The van der Waals surface area contributed by atoms with E-state index in [2.05, 4.69) is 22.1 Å². The zero-order valence-corrected chi connectivity index (χ0v) is 13.0. The highest BCUT2D eigenvalue weighted by atomic mass is 16.6. The van der Waals surface area contributed by atoms with Crippen molar-refractivity contribution in [3.63, 3.8) is 0 Å². The Morgan fingerprint density at radius 1 is 1.33 bits per heavy atom. The van der Waals surface area contributed by atoms with Crippen LogP contribution in [-0.2, 0) is 6.54 Å². The summed E-state index contributed by atoms with van der Waals surface area (Å²) in [6.45, 7) is 5.59. The van der Waals surface area contributed by atoms with E-state index in [0.29, 0.717) is 12.2 Å². The summed E-state index contributed by atoms with van der Waals surface area (Å²) >= 11 is 0. The molecule has 0 aliphatic carbocycles. The van der Waals surface area contributed by atoms with Gasteiger partial charge in [-0.25, -0.2) is 0 Å². The van der Waals surface area contributed by atoms with Crippen LogP contribution in [0.5, 0.6) is 0 Å². The molecule has 0 atom stereocenters. The van der Waals surface area contributed by atoms with E-state index in [4.69, 9.17) is 5.84 Å². The second kappa shape index (κ2) is 8.56. The third-order valence-electron chi connectivity index (χ3n) is 3.39. The molecule has 0 heterocycles. The van der Waals surface area contributed by atoms with Crippen LogP contribution in [0.3, 0.4) is 0 Å². The molecule has 0 aliphatic heterocycles. The fourth-order valence-electron chi connectivity index (χ4n) is 2.24. The number of rotatable bonds is 9. The van der Waals surface area contributed by atoms with Crippen molar-refractivity contribution in [1.82, 2.24) is 9.80 Å². The van der Waals surface area contributed by atoms with E-state index in [-0.39, 0.29) is 5.69 Å². The Bertz CT molecular complexity index is 465. The van der Waals surface area contributed by atoms with Crippen LogP contribution in [0.4, 0.5) is 11.4 Å². The number of hydrogen-bond donors (Lipinski definition) is 2. The maximum Gasteiger partial charge on any atom is 0.293 e. The first-order chi connectivity index (χ1) is 9.99. The Kier molecular flexibility index (Phi) is 7.07. The minimum Gasteiger partial charge on any atom is -0.318 e. The first-order valence-electron chi connectivity index (χ1n) is 7.09. The lowest BCUT2D eigenvalue weighted by Gasteiger charge is -2.22. The summed E-state index contributed by atoms with van der Waals surface area (Å²) in [5, 5.41) is 11.0. The van der Waals surface area contributed by atoms with Gasteiger partial charge < -0.3 is 10.3 Å². The predicted molar refractivity (Wildman–Crippen MR) is 85.0 cm³/mol. The van der Waals surface area contributed by atoms with Crippen molar-refractivity contribution in [2.45, 2.75) is 19.9 Å². The number of nitro groups is 1. The van der Waals surface area contributed by atoms with E-state index in [0.717, 1.165) is 31.6 Å². The van der Waals surface area contributed by atoms with Gasteiger partial charge >= 0.3 is 0 Å². The molecule has 0 fully saturated rings. The van der Waals surface area contributed by atoms with E-state index in [1.54, 1.807) is 6.07 Å². The molecule has 7 heteroatoms. The van der Waals surface area contributed by atoms with Crippen LogP contribution in [-0.4, -0.2) is 48.5 Å². The summed E-state index contributed by atoms with van der Waals surface area (Å²) in [4.78, 5) is 15.0. The molecule has 0 aliphatic rings. The molecule has 1 aromatic rings. The minimum atomic E-state index is -0.416. The van der Waals surface area contributed by atoms with Gasteiger partial charge in [-0.1, -0.05) is 19.1 Å². The number of anilines is 1. The first kappa shape index (κ1) is 17.4. The topological polar surface area (TPSA) is 87.7 Å². The monoisotopic (exact) mass is 295 g/mol. The van der Waals surface area contributed by atoms with Crippen molar-refractivity contribution in [3.05, 3.63) is 33.9 Å². The summed E-state index contributed by atoms with van der Waals surface area (Å²) in [6, 6.07) is 5.03. The van der Waals surface area contributed by atoms with Crippen LogP contribution < -0.4 is 11.3 Å². The molecule has 0 unspecified atom stereocenters. The molecular formula is C14H25N5O2. The second-order valence-corrected chi connectivity index (χ2v) is 5.24. The summed E-state index contributed by atoms with van der Waals surface area (Å²) in [6.07, 6.45) is 1.06. The Morgan fingerprint density at radius 2 is 2.05 bits per heavy atom. The van der Waals surface area contributed by atoms with Crippen LogP contribution in [0.15, 0.2) is 18.2 Å². The van der Waals surface area contributed by atoms with Crippen LogP contribution in [0.2, 0.25) is 0 Å². The lowest BCUT2D eigenvalue weighted by Crippen LogP contribution is -2.27. The third kappa shape index (κ3) is 5.30. The van der Waals surface area contributed by atoms with Crippen molar-refractivity contribution in [2.24, 2.45) is 5.84 Å². The van der Waals surface area contributed by atoms with E-state index in [1.165, 1.54) is 6.07 Å². The average molecular weight is 295 g/mol. The largest absolute Gasteiger partial charge is 0.318 e. The Hall–Kier alpha value is -1.70. The lowest BCUT2D eigenvalue weighted by molar-refractivity contribution is -0.384. The fourth-order valence-corrected chi connectivity index (χ4v) is 2.24. The molecule has 21 heavy (non-hydrogen) atoms. The quantitative estimate of drug-likeness (QED) is 0.409. The predicted octanol–water partition coefficient (Wildman–Crippen LogP) is 1.65. The Morgan fingerprint density at radius 3 is 2.57 bits per heavy atom. The van der Waals surface area contributed by atoms with Crippen LogP contribution in [0.25, 0.3) is 0 Å². The highest BCUT2D eigenvalue weighted by molar-refractivity contribution is 5.65. The summed E-state index contributed by atoms with van der Waals surface area (Å²) < 4.78 is 0. The molecule has 0 saturated heterocycles. The Labute approximate surface area is 125 Å². The van der Waals surface area contributed by atoms with Crippen molar-refractivity contribution in [3.8, 4) is 0 Å². The number of nitrogens with zero attached hydrogens (tertiary/aromatic N) is 3. The molecule has 0 radical (unpaired) electrons. The van der Waals surface area contributed by atoms with Gasteiger partial charge in [0.05, 0.1) is 4.92 Å². The number of hydrazine groups is 1. The van der Waals surface area contributed by atoms with E-state index < -0.39 is 4.92 Å². The van der Waals surface area contributed by atoms with Gasteiger partial charge in [0.25, 0.3) is 5.69 Å². The molecule has 0 saturated carbocycles. The van der Waals surface area contributed by atoms with Gasteiger partial charge in [0.1, 0.15) is 5.69 Å². The smallest absolute Gasteiger partial charge is 0.293 e.